The van der Waals surface area contributed by atoms with E-state index in [0.29, 0.717) is 0 Å². The molecule has 14 heavy (non-hydrogen) atoms. The van der Waals surface area contributed by atoms with Gasteiger partial charge in [0.15, 0.2) is 0 Å². The van der Waals surface area contributed by atoms with Crippen molar-refractivity contribution in [3.63, 3.8) is 0 Å². The van der Waals surface area contributed by atoms with Crippen LogP contribution in [0, 0.1) is 0 Å². The summed E-state index contributed by atoms with van der Waals surface area (Å²) in [6.07, 6.45) is 12.1. The summed E-state index contributed by atoms with van der Waals surface area (Å²) in [6, 6.07) is 0. The van der Waals surface area contributed by atoms with E-state index in [1.807, 2.05) is 18.2 Å². The van der Waals surface area contributed by atoms with E-state index in [1.54, 1.807) is 6.08 Å². The molecule has 0 rings (SSSR count). The minimum absolute atomic E-state index is 0.902. The van der Waals surface area contributed by atoms with Gasteiger partial charge in [-0.2, -0.15) is 0 Å². The first-order valence-corrected chi connectivity index (χ1v) is 5.07. The molecule has 0 amide bonds. The molecule has 0 aliphatic carbocycles. The Hall–Kier alpha value is -1.08. The zero-order valence-corrected chi connectivity index (χ0v) is 9.13. The van der Waals surface area contributed by atoms with Crippen molar-refractivity contribution in [1.82, 2.24) is 5.32 Å². The predicted octanol–water partition coefficient (Wildman–Crippen LogP) is 3.23. The van der Waals surface area contributed by atoms with E-state index in [2.05, 4.69) is 31.5 Å². The van der Waals surface area contributed by atoms with Gasteiger partial charge >= 0.3 is 0 Å². The molecule has 0 aromatic heterocycles. The van der Waals surface area contributed by atoms with Crippen molar-refractivity contribution in [2.24, 2.45) is 0 Å². The summed E-state index contributed by atoms with van der Waals surface area (Å²) in [5.41, 5.74) is 1.41. The lowest BCUT2D eigenvalue weighted by Crippen LogP contribution is -2.14. The summed E-state index contributed by atoms with van der Waals surface area (Å²) in [4.78, 5) is 0. The highest BCUT2D eigenvalue weighted by atomic mass is 14.8. The zero-order chi connectivity index (χ0) is 10.6. The molecule has 0 saturated carbocycles. The SMILES string of the molecule is C=C/C=C\C=C(/C)CCCNCC=C. The maximum atomic E-state index is 3.65. The molecule has 0 atom stereocenters. The van der Waals surface area contributed by atoms with E-state index < -0.39 is 0 Å². The van der Waals surface area contributed by atoms with E-state index in [1.165, 1.54) is 12.0 Å². The van der Waals surface area contributed by atoms with Crippen LogP contribution < -0.4 is 5.32 Å². The first kappa shape index (κ1) is 12.9. The number of hydrogen-bond donors (Lipinski definition) is 1. The molecule has 0 spiro atoms. The Kier molecular flexibility index (Phi) is 9.23. The highest BCUT2D eigenvalue weighted by molar-refractivity contribution is 5.14. The van der Waals surface area contributed by atoms with Gasteiger partial charge in [-0.25, -0.2) is 0 Å². The number of rotatable bonds is 8. The Labute approximate surface area is 87.9 Å². The summed E-state index contributed by atoms with van der Waals surface area (Å²) < 4.78 is 0. The maximum Gasteiger partial charge on any atom is 0.0132 e. The molecule has 78 valence electrons. The smallest absolute Gasteiger partial charge is 0.0132 e. The van der Waals surface area contributed by atoms with Crippen LogP contribution in [-0.2, 0) is 0 Å². The van der Waals surface area contributed by atoms with Gasteiger partial charge in [0, 0.05) is 6.54 Å². The van der Waals surface area contributed by atoms with Crippen LogP contribution in [0.3, 0.4) is 0 Å². The molecule has 0 aliphatic heterocycles. The van der Waals surface area contributed by atoms with Crippen molar-refractivity contribution in [2.75, 3.05) is 13.1 Å². The van der Waals surface area contributed by atoms with Crippen molar-refractivity contribution in [3.05, 3.63) is 49.1 Å². The van der Waals surface area contributed by atoms with Crippen molar-refractivity contribution in [3.8, 4) is 0 Å². The van der Waals surface area contributed by atoms with E-state index >= 15 is 0 Å². The van der Waals surface area contributed by atoms with Crippen molar-refractivity contribution in [1.29, 1.82) is 0 Å². The normalized spacial score (nSPS) is 11.9. The lowest BCUT2D eigenvalue weighted by molar-refractivity contribution is 0.690. The summed E-state index contributed by atoms with van der Waals surface area (Å²) >= 11 is 0. The number of hydrogen-bond acceptors (Lipinski definition) is 1. The van der Waals surface area contributed by atoms with E-state index in [-0.39, 0.29) is 0 Å². The van der Waals surface area contributed by atoms with Gasteiger partial charge in [-0.05, 0) is 26.3 Å². The third kappa shape index (κ3) is 9.01. The minimum atomic E-state index is 0.902. The summed E-state index contributed by atoms with van der Waals surface area (Å²) in [5, 5.41) is 3.28. The van der Waals surface area contributed by atoms with Crippen molar-refractivity contribution >= 4 is 0 Å². The monoisotopic (exact) mass is 191 g/mol. The molecule has 0 aromatic rings. The first-order valence-electron chi connectivity index (χ1n) is 5.07. The van der Waals surface area contributed by atoms with Gasteiger partial charge < -0.3 is 5.32 Å². The van der Waals surface area contributed by atoms with Gasteiger partial charge in [-0.3, -0.25) is 0 Å². The summed E-state index contributed by atoms with van der Waals surface area (Å²) in [5.74, 6) is 0. The zero-order valence-electron chi connectivity index (χ0n) is 9.13. The van der Waals surface area contributed by atoms with Gasteiger partial charge in [-0.1, -0.05) is 42.5 Å². The average molecular weight is 191 g/mol. The molecule has 0 heterocycles. The molecule has 0 fully saturated rings. The van der Waals surface area contributed by atoms with Gasteiger partial charge in [0.1, 0.15) is 0 Å². The van der Waals surface area contributed by atoms with Crippen molar-refractivity contribution < 1.29 is 0 Å². The molecule has 1 nitrogen and oxygen atoms in total. The number of nitrogens with one attached hydrogen (secondary N) is 1. The fraction of sp³-hybridized carbons (Fsp3) is 0.385. The molecule has 0 radical (unpaired) electrons. The van der Waals surface area contributed by atoms with Gasteiger partial charge in [0.05, 0.1) is 0 Å². The van der Waals surface area contributed by atoms with Crippen LogP contribution in [-0.4, -0.2) is 13.1 Å². The molecular weight excluding hydrogens is 170 g/mol. The summed E-state index contributed by atoms with van der Waals surface area (Å²) in [7, 11) is 0. The van der Waals surface area contributed by atoms with E-state index in [0.717, 1.165) is 19.5 Å². The highest BCUT2D eigenvalue weighted by Gasteiger charge is 1.88. The second kappa shape index (κ2) is 10.0. The van der Waals surface area contributed by atoms with Gasteiger partial charge in [0.25, 0.3) is 0 Å². The highest BCUT2D eigenvalue weighted by Crippen LogP contribution is 2.02. The second-order valence-corrected chi connectivity index (χ2v) is 3.23. The lowest BCUT2D eigenvalue weighted by Gasteiger charge is -2.01. The van der Waals surface area contributed by atoms with Crippen LogP contribution in [0.5, 0.6) is 0 Å². The fourth-order valence-corrected chi connectivity index (χ4v) is 1.08. The Bertz CT molecular complexity index is 211. The van der Waals surface area contributed by atoms with Crippen LogP contribution in [0.2, 0.25) is 0 Å². The van der Waals surface area contributed by atoms with Gasteiger partial charge in [0.2, 0.25) is 0 Å². The Morgan fingerprint density at radius 3 is 2.71 bits per heavy atom. The van der Waals surface area contributed by atoms with Crippen molar-refractivity contribution in [2.45, 2.75) is 19.8 Å². The average Bonchev–Trinajstić information content (AvgIpc) is 2.18. The second-order valence-electron chi connectivity index (χ2n) is 3.23. The molecule has 0 bridgehead atoms. The number of allylic oxidation sites excluding steroid dienone is 5. The molecule has 0 aliphatic rings. The molecule has 0 unspecified atom stereocenters. The first-order chi connectivity index (χ1) is 6.81. The van der Waals surface area contributed by atoms with E-state index in [9.17, 15) is 0 Å². The fourth-order valence-electron chi connectivity index (χ4n) is 1.08. The molecule has 0 saturated heterocycles. The molecule has 1 N–H and O–H groups in total. The Morgan fingerprint density at radius 1 is 1.29 bits per heavy atom. The largest absolute Gasteiger partial charge is 0.313 e. The molecule has 0 aromatic carbocycles. The third-order valence-electron chi connectivity index (χ3n) is 1.84. The van der Waals surface area contributed by atoms with Crippen LogP contribution in [0.15, 0.2) is 49.1 Å². The Balaban J connectivity index is 3.47. The molecular formula is C13H21N. The van der Waals surface area contributed by atoms with Crippen LogP contribution in [0.1, 0.15) is 19.8 Å². The van der Waals surface area contributed by atoms with Gasteiger partial charge in [-0.15, -0.1) is 6.58 Å². The predicted molar refractivity (Wildman–Crippen MR) is 65.4 cm³/mol. The lowest BCUT2D eigenvalue weighted by atomic mass is 10.1. The standard InChI is InChI=1S/C13H21N/c1-4-6-7-9-13(3)10-8-12-14-11-5-2/h4-7,9,14H,1-2,8,10-12H2,3H3/b7-6-,13-9+. The van der Waals surface area contributed by atoms with Crippen LogP contribution in [0.4, 0.5) is 0 Å². The minimum Gasteiger partial charge on any atom is -0.313 e. The van der Waals surface area contributed by atoms with Crippen LogP contribution in [0.25, 0.3) is 0 Å². The molecule has 1 heteroatoms. The third-order valence-corrected chi connectivity index (χ3v) is 1.84. The summed E-state index contributed by atoms with van der Waals surface area (Å²) in [6.45, 7) is 11.4. The maximum absolute atomic E-state index is 3.65. The quantitative estimate of drug-likeness (QED) is 0.353. The van der Waals surface area contributed by atoms with E-state index in [4.69, 9.17) is 0 Å². The van der Waals surface area contributed by atoms with Crippen LogP contribution >= 0.6 is 0 Å². The topological polar surface area (TPSA) is 12.0 Å². The Morgan fingerprint density at radius 2 is 2.07 bits per heavy atom.